The second-order valence-corrected chi connectivity index (χ2v) is 5.84. The first-order valence-electron chi connectivity index (χ1n) is 7.12. The molecule has 5 nitrogen and oxygen atoms in total. The van der Waals surface area contributed by atoms with E-state index in [1.165, 1.54) is 6.42 Å². The van der Waals surface area contributed by atoms with E-state index < -0.39 is 5.54 Å². The van der Waals surface area contributed by atoms with Gasteiger partial charge >= 0.3 is 0 Å². The lowest BCUT2D eigenvalue weighted by atomic mass is 9.82. The molecule has 0 radical (unpaired) electrons. The fourth-order valence-corrected chi connectivity index (χ4v) is 2.81. The van der Waals surface area contributed by atoms with E-state index in [1.54, 1.807) is 6.07 Å². The Morgan fingerprint density at radius 1 is 1.42 bits per heavy atom. The van der Waals surface area contributed by atoms with E-state index in [2.05, 4.69) is 10.5 Å². The van der Waals surface area contributed by atoms with E-state index in [9.17, 15) is 9.90 Å². The van der Waals surface area contributed by atoms with Crippen LogP contribution < -0.4 is 5.32 Å². The molecule has 2 aliphatic rings. The van der Waals surface area contributed by atoms with Gasteiger partial charge in [-0.2, -0.15) is 0 Å². The summed E-state index contributed by atoms with van der Waals surface area (Å²) in [6.07, 6.45) is 7.19. The van der Waals surface area contributed by atoms with Crippen LogP contribution in [0.15, 0.2) is 10.6 Å². The van der Waals surface area contributed by atoms with Crippen molar-refractivity contribution in [2.24, 2.45) is 0 Å². The predicted octanol–water partition coefficient (Wildman–Crippen LogP) is 1.98. The Balaban J connectivity index is 1.68. The number of nitrogens with one attached hydrogen (secondary N) is 1. The summed E-state index contributed by atoms with van der Waals surface area (Å²) >= 11 is 0. The van der Waals surface area contributed by atoms with Gasteiger partial charge in [-0.25, -0.2) is 0 Å². The Bertz CT molecular complexity index is 459. The van der Waals surface area contributed by atoms with Gasteiger partial charge in [0.25, 0.3) is 5.91 Å². The van der Waals surface area contributed by atoms with Crippen molar-refractivity contribution in [3.05, 3.63) is 17.5 Å². The molecule has 0 unspecified atom stereocenters. The molecule has 1 amide bonds. The number of nitrogens with zero attached hydrogens (tertiary/aromatic N) is 1. The lowest BCUT2D eigenvalue weighted by molar-refractivity contribution is 0.0750. The summed E-state index contributed by atoms with van der Waals surface area (Å²) in [4.78, 5) is 12.2. The summed E-state index contributed by atoms with van der Waals surface area (Å²) in [7, 11) is 0. The van der Waals surface area contributed by atoms with Crippen LogP contribution in [0.1, 0.15) is 67.1 Å². The molecule has 1 heterocycles. The molecule has 2 aliphatic carbocycles. The van der Waals surface area contributed by atoms with Crippen LogP contribution in [0.25, 0.3) is 0 Å². The fraction of sp³-hybridized carbons (Fsp3) is 0.714. The van der Waals surface area contributed by atoms with Crippen LogP contribution in [-0.2, 0) is 0 Å². The van der Waals surface area contributed by atoms with Crippen molar-refractivity contribution < 1.29 is 14.4 Å². The molecule has 2 fully saturated rings. The topological polar surface area (TPSA) is 75.4 Å². The Labute approximate surface area is 112 Å². The highest BCUT2D eigenvalue weighted by molar-refractivity contribution is 5.92. The third kappa shape index (κ3) is 2.66. The third-order valence-electron chi connectivity index (χ3n) is 4.23. The highest BCUT2D eigenvalue weighted by atomic mass is 16.5. The number of aromatic nitrogens is 1. The quantitative estimate of drug-likeness (QED) is 0.872. The smallest absolute Gasteiger partial charge is 0.273 e. The van der Waals surface area contributed by atoms with Crippen LogP contribution in [0.5, 0.6) is 0 Å². The monoisotopic (exact) mass is 264 g/mol. The first-order valence-corrected chi connectivity index (χ1v) is 7.12. The average molecular weight is 264 g/mol. The molecule has 1 aromatic rings. The van der Waals surface area contributed by atoms with Crippen molar-refractivity contribution >= 4 is 5.91 Å². The fourth-order valence-electron chi connectivity index (χ4n) is 2.81. The van der Waals surface area contributed by atoms with E-state index in [0.29, 0.717) is 11.6 Å². The van der Waals surface area contributed by atoms with Crippen LogP contribution in [0.4, 0.5) is 0 Å². The lowest BCUT2D eigenvalue weighted by Gasteiger charge is -2.36. The number of hydrogen-bond donors (Lipinski definition) is 2. The van der Waals surface area contributed by atoms with Crippen molar-refractivity contribution in [1.82, 2.24) is 10.5 Å². The minimum Gasteiger partial charge on any atom is -0.394 e. The van der Waals surface area contributed by atoms with E-state index in [4.69, 9.17) is 4.52 Å². The zero-order valence-electron chi connectivity index (χ0n) is 11.0. The molecule has 0 saturated heterocycles. The zero-order valence-corrected chi connectivity index (χ0v) is 11.0. The van der Waals surface area contributed by atoms with E-state index in [-0.39, 0.29) is 12.5 Å². The van der Waals surface area contributed by atoms with Crippen molar-refractivity contribution in [2.45, 2.75) is 56.4 Å². The van der Waals surface area contributed by atoms with Gasteiger partial charge in [0.15, 0.2) is 5.69 Å². The Morgan fingerprint density at radius 2 is 2.16 bits per heavy atom. The molecule has 3 rings (SSSR count). The molecule has 19 heavy (non-hydrogen) atoms. The Hall–Kier alpha value is -1.36. The van der Waals surface area contributed by atoms with E-state index in [0.717, 1.165) is 44.3 Å². The van der Waals surface area contributed by atoms with Gasteiger partial charge in [0.05, 0.1) is 12.1 Å². The van der Waals surface area contributed by atoms with Crippen molar-refractivity contribution in [3.8, 4) is 0 Å². The predicted molar refractivity (Wildman–Crippen MR) is 68.8 cm³/mol. The van der Waals surface area contributed by atoms with Gasteiger partial charge in [0, 0.05) is 12.0 Å². The number of aliphatic hydroxyl groups excluding tert-OH is 1. The standard InChI is InChI=1S/C14H20N2O3/c17-9-14(6-2-1-3-7-14)15-13(18)11-8-12(19-16-11)10-4-5-10/h8,10,17H,1-7,9H2,(H,15,18). The molecule has 0 aromatic carbocycles. The van der Waals surface area contributed by atoms with Gasteiger partial charge in [0.1, 0.15) is 5.76 Å². The minimum atomic E-state index is -0.464. The van der Waals surface area contributed by atoms with Crippen molar-refractivity contribution in [1.29, 1.82) is 0 Å². The van der Waals surface area contributed by atoms with Gasteiger partial charge in [-0.05, 0) is 25.7 Å². The summed E-state index contributed by atoms with van der Waals surface area (Å²) in [5, 5.41) is 16.4. The van der Waals surface area contributed by atoms with Crippen molar-refractivity contribution in [3.63, 3.8) is 0 Å². The number of carbonyl (C=O) groups excluding carboxylic acids is 1. The third-order valence-corrected chi connectivity index (χ3v) is 4.23. The van der Waals surface area contributed by atoms with Gasteiger partial charge in [0.2, 0.25) is 0 Å². The first kappa shape index (κ1) is 12.7. The highest BCUT2D eigenvalue weighted by Gasteiger charge is 2.34. The minimum absolute atomic E-state index is 0.00786. The van der Waals surface area contributed by atoms with Crippen LogP contribution in [0.3, 0.4) is 0 Å². The molecular formula is C14H20N2O3. The van der Waals surface area contributed by atoms with Crippen LogP contribution in [0, 0.1) is 0 Å². The SMILES string of the molecule is O=C(NC1(CO)CCCCC1)c1cc(C2CC2)on1. The average Bonchev–Trinajstić information content (AvgIpc) is 3.17. The van der Waals surface area contributed by atoms with Gasteiger partial charge in [-0.1, -0.05) is 24.4 Å². The largest absolute Gasteiger partial charge is 0.394 e. The second-order valence-electron chi connectivity index (χ2n) is 5.84. The van der Waals surface area contributed by atoms with Crippen LogP contribution in [0.2, 0.25) is 0 Å². The maximum Gasteiger partial charge on any atom is 0.273 e. The van der Waals surface area contributed by atoms with E-state index in [1.807, 2.05) is 0 Å². The molecule has 0 bridgehead atoms. The normalized spacial score (nSPS) is 22.2. The first-order chi connectivity index (χ1) is 9.22. The molecule has 2 N–H and O–H groups in total. The maximum atomic E-state index is 12.2. The van der Waals surface area contributed by atoms with Gasteiger partial charge in [-0.3, -0.25) is 4.79 Å². The van der Waals surface area contributed by atoms with E-state index >= 15 is 0 Å². The number of hydrogen-bond acceptors (Lipinski definition) is 4. The number of rotatable bonds is 4. The molecule has 2 saturated carbocycles. The molecule has 1 aromatic heterocycles. The number of carbonyl (C=O) groups is 1. The summed E-state index contributed by atoms with van der Waals surface area (Å²) in [6.45, 7) is -0.00786. The maximum absolute atomic E-state index is 12.2. The zero-order chi connectivity index (χ0) is 13.3. The number of amides is 1. The molecule has 104 valence electrons. The summed E-state index contributed by atoms with van der Waals surface area (Å²) in [6, 6.07) is 1.74. The summed E-state index contributed by atoms with van der Waals surface area (Å²) in [5.74, 6) is 1.04. The molecule has 0 aliphatic heterocycles. The lowest BCUT2D eigenvalue weighted by Crippen LogP contribution is -2.52. The second kappa shape index (κ2) is 4.96. The van der Waals surface area contributed by atoms with Gasteiger partial charge < -0.3 is 14.9 Å². The summed E-state index contributed by atoms with van der Waals surface area (Å²) < 4.78 is 5.19. The Morgan fingerprint density at radius 3 is 2.79 bits per heavy atom. The Kier molecular flexibility index (Phi) is 3.31. The van der Waals surface area contributed by atoms with Crippen LogP contribution in [-0.4, -0.2) is 28.3 Å². The van der Waals surface area contributed by atoms with Crippen molar-refractivity contribution in [2.75, 3.05) is 6.61 Å². The highest BCUT2D eigenvalue weighted by Crippen LogP contribution is 2.40. The van der Waals surface area contributed by atoms with Crippen LogP contribution >= 0.6 is 0 Å². The molecule has 0 spiro atoms. The molecular weight excluding hydrogens is 244 g/mol. The summed E-state index contributed by atoms with van der Waals surface area (Å²) in [5.41, 5.74) is -0.131. The molecule has 0 atom stereocenters. The number of aliphatic hydroxyl groups is 1. The van der Waals surface area contributed by atoms with Gasteiger partial charge in [-0.15, -0.1) is 0 Å². The molecule has 5 heteroatoms.